The molecule has 1 saturated heterocycles. The normalized spacial score (nSPS) is 19.9. The first-order valence-corrected chi connectivity index (χ1v) is 8.15. The molecule has 1 aromatic rings. The maximum absolute atomic E-state index is 4.38. The van der Waals surface area contributed by atoms with Gasteiger partial charge in [-0.05, 0) is 44.7 Å². The number of rotatable bonds is 5. The van der Waals surface area contributed by atoms with Crippen molar-refractivity contribution in [1.29, 1.82) is 0 Å². The van der Waals surface area contributed by atoms with Gasteiger partial charge >= 0.3 is 0 Å². The lowest BCUT2D eigenvalue weighted by Crippen LogP contribution is -2.47. The number of tetrazole rings is 1. The molecule has 120 valence electrons. The van der Waals surface area contributed by atoms with Crippen LogP contribution in [0.5, 0.6) is 0 Å². The zero-order valence-electron chi connectivity index (χ0n) is 14.2. The summed E-state index contributed by atoms with van der Waals surface area (Å²) in [6, 6.07) is 0.341. The molecular formula is C15H30N6. The van der Waals surface area contributed by atoms with Crippen LogP contribution in [0.15, 0.2) is 0 Å². The van der Waals surface area contributed by atoms with Crippen LogP contribution >= 0.6 is 0 Å². The number of likely N-dealkylation sites (N-methyl/N-ethyl adjacent to an activating group) is 1. The van der Waals surface area contributed by atoms with E-state index < -0.39 is 0 Å². The molecule has 0 aliphatic carbocycles. The van der Waals surface area contributed by atoms with Crippen molar-refractivity contribution < 1.29 is 0 Å². The third-order valence-electron chi connectivity index (χ3n) is 4.24. The van der Waals surface area contributed by atoms with Crippen LogP contribution in [0.3, 0.4) is 0 Å². The number of hydrogen-bond donors (Lipinski definition) is 0. The zero-order chi connectivity index (χ0) is 15.5. The molecule has 0 radical (unpaired) electrons. The van der Waals surface area contributed by atoms with Crippen LogP contribution in [0.25, 0.3) is 0 Å². The second-order valence-corrected chi connectivity index (χ2v) is 7.12. The number of piperazine rings is 1. The predicted octanol–water partition coefficient (Wildman–Crippen LogP) is 1.91. The molecule has 21 heavy (non-hydrogen) atoms. The van der Waals surface area contributed by atoms with E-state index in [1.54, 1.807) is 0 Å². The fraction of sp³-hybridized carbons (Fsp3) is 0.933. The average Bonchev–Trinajstić information content (AvgIpc) is 2.90. The minimum Gasteiger partial charge on any atom is -0.304 e. The van der Waals surface area contributed by atoms with Gasteiger partial charge in [-0.2, -0.15) is 0 Å². The molecule has 0 aromatic carbocycles. The summed E-state index contributed by atoms with van der Waals surface area (Å²) >= 11 is 0. The highest BCUT2D eigenvalue weighted by Crippen LogP contribution is 2.28. The average molecular weight is 294 g/mol. The molecule has 6 heteroatoms. The molecule has 1 aromatic heterocycles. The van der Waals surface area contributed by atoms with Gasteiger partial charge in [0.05, 0.1) is 11.6 Å². The molecule has 0 amide bonds. The summed E-state index contributed by atoms with van der Waals surface area (Å²) in [4.78, 5) is 4.95. The SMILES string of the molecule is CCCCC(c1nnnn1C(C)(C)C)N1CCN(C)CC1. The van der Waals surface area contributed by atoms with Gasteiger partial charge < -0.3 is 4.90 Å². The van der Waals surface area contributed by atoms with E-state index >= 15 is 0 Å². The Balaban J connectivity index is 2.22. The summed E-state index contributed by atoms with van der Waals surface area (Å²) in [5.41, 5.74) is -0.0735. The van der Waals surface area contributed by atoms with Crippen LogP contribution in [0.2, 0.25) is 0 Å². The molecule has 1 fully saturated rings. The molecule has 2 heterocycles. The molecule has 1 aliphatic heterocycles. The van der Waals surface area contributed by atoms with Gasteiger partial charge in [0.1, 0.15) is 0 Å². The Morgan fingerprint density at radius 3 is 2.38 bits per heavy atom. The van der Waals surface area contributed by atoms with Crippen molar-refractivity contribution in [3.63, 3.8) is 0 Å². The van der Waals surface area contributed by atoms with Gasteiger partial charge in [0, 0.05) is 26.2 Å². The highest BCUT2D eigenvalue weighted by molar-refractivity contribution is 4.97. The summed E-state index contributed by atoms with van der Waals surface area (Å²) in [6.45, 7) is 13.2. The number of unbranched alkanes of at least 4 members (excludes halogenated alkanes) is 1. The minimum atomic E-state index is -0.0735. The Labute approximate surface area is 128 Å². The van der Waals surface area contributed by atoms with Crippen LogP contribution in [0, 0.1) is 0 Å². The molecule has 0 saturated carbocycles. The van der Waals surface area contributed by atoms with E-state index in [4.69, 9.17) is 0 Å². The number of aromatic nitrogens is 4. The molecule has 6 nitrogen and oxygen atoms in total. The smallest absolute Gasteiger partial charge is 0.168 e. The van der Waals surface area contributed by atoms with Crippen LogP contribution in [-0.2, 0) is 5.54 Å². The van der Waals surface area contributed by atoms with E-state index in [-0.39, 0.29) is 5.54 Å². The molecule has 0 N–H and O–H groups in total. The highest BCUT2D eigenvalue weighted by atomic mass is 15.6. The molecule has 1 atom stereocenters. The Morgan fingerprint density at radius 2 is 1.81 bits per heavy atom. The predicted molar refractivity (Wildman–Crippen MR) is 84.1 cm³/mol. The van der Waals surface area contributed by atoms with Gasteiger partial charge in [0.2, 0.25) is 0 Å². The summed E-state index contributed by atoms with van der Waals surface area (Å²) in [5.74, 6) is 1.03. The van der Waals surface area contributed by atoms with E-state index in [2.05, 4.69) is 60.1 Å². The van der Waals surface area contributed by atoms with Gasteiger partial charge in [-0.25, -0.2) is 4.68 Å². The Bertz CT molecular complexity index is 428. The van der Waals surface area contributed by atoms with Crippen molar-refractivity contribution in [3.8, 4) is 0 Å². The Hall–Kier alpha value is -1.01. The standard InChI is InChI=1S/C15H30N6/c1-6-7-8-13(20-11-9-19(5)10-12-20)14-16-17-18-21(14)15(2,3)4/h13H,6-12H2,1-5H3. The summed E-state index contributed by atoms with van der Waals surface area (Å²) < 4.78 is 2.01. The first kappa shape index (κ1) is 16.4. The van der Waals surface area contributed by atoms with Crippen LogP contribution in [-0.4, -0.2) is 63.2 Å². The van der Waals surface area contributed by atoms with Crippen molar-refractivity contribution in [3.05, 3.63) is 5.82 Å². The first-order chi connectivity index (χ1) is 9.93. The molecule has 1 unspecified atom stereocenters. The Morgan fingerprint density at radius 1 is 1.14 bits per heavy atom. The van der Waals surface area contributed by atoms with Gasteiger partial charge in [-0.15, -0.1) is 5.10 Å². The van der Waals surface area contributed by atoms with E-state index in [1.165, 1.54) is 12.8 Å². The van der Waals surface area contributed by atoms with E-state index in [9.17, 15) is 0 Å². The largest absolute Gasteiger partial charge is 0.304 e. The number of hydrogen-bond acceptors (Lipinski definition) is 5. The lowest BCUT2D eigenvalue weighted by molar-refractivity contribution is 0.0955. The van der Waals surface area contributed by atoms with E-state index in [1.807, 2.05) is 4.68 Å². The van der Waals surface area contributed by atoms with Crippen LogP contribution in [0.1, 0.15) is 58.8 Å². The highest BCUT2D eigenvalue weighted by Gasteiger charge is 2.30. The maximum Gasteiger partial charge on any atom is 0.168 e. The van der Waals surface area contributed by atoms with Crippen molar-refractivity contribution in [2.75, 3.05) is 33.2 Å². The molecule has 2 rings (SSSR count). The fourth-order valence-electron chi connectivity index (χ4n) is 2.89. The third-order valence-corrected chi connectivity index (χ3v) is 4.24. The van der Waals surface area contributed by atoms with Crippen LogP contribution < -0.4 is 0 Å². The summed E-state index contributed by atoms with van der Waals surface area (Å²) in [7, 11) is 2.19. The van der Waals surface area contributed by atoms with Crippen molar-refractivity contribution in [2.24, 2.45) is 0 Å². The van der Waals surface area contributed by atoms with Crippen LogP contribution in [0.4, 0.5) is 0 Å². The molecular weight excluding hydrogens is 264 g/mol. The van der Waals surface area contributed by atoms with Crippen molar-refractivity contribution >= 4 is 0 Å². The second-order valence-electron chi connectivity index (χ2n) is 7.12. The van der Waals surface area contributed by atoms with E-state index in [0.29, 0.717) is 6.04 Å². The molecule has 0 bridgehead atoms. The quantitative estimate of drug-likeness (QED) is 0.830. The van der Waals surface area contributed by atoms with E-state index in [0.717, 1.165) is 38.4 Å². The topological polar surface area (TPSA) is 50.1 Å². The van der Waals surface area contributed by atoms with Crippen molar-refractivity contribution in [1.82, 2.24) is 30.0 Å². The molecule has 1 aliphatic rings. The number of nitrogens with zero attached hydrogens (tertiary/aromatic N) is 6. The summed E-state index contributed by atoms with van der Waals surface area (Å²) in [6.07, 6.45) is 3.56. The van der Waals surface area contributed by atoms with Gasteiger partial charge in [-0.3, -0.25) is 4.90 Å². The Kier molecular flexibility index (Phi) is 5.32. The zero-order valence-corrected chi connectivity index (χ0v) is 14.2. The maximum atomic E-state index is 4.38. The summed E-state index contributed by atoms with van der Waals surface area (Å²) in [5, 5.41) is 12.6. The lowest BCUT2D eigenvalue weighted by atomic mass is 10.0. The monoisotopic (exact) mass is 294 g/mol. The lowest BCUT2D eigenvalue weighted by Gasteiger charge is -2.38. The van der Waals surface area contributed by atoms with Crippen molar-refractivity contribution in [2.45, 2.75) is 58.5 Å². The third kappa shape index (κ3) is 4.01. The minimum absolute atomic E-state index is 0.0735. The van der Waals surface area contributed by atoms with Gasteiger partial charge in [0.25, 0.3) is 0 Å². The molecule has 0 spiro atoms. The second kappa shape index (κ2) is 6.83. The fourth-order valence-corrected chi connectivity index (χ4v) is 2.89. The van der Waals surface area contributed by atoms with Gasteiger partial charge in [-0.1, -0.05) is 19.8 Å². The first-order valence-electron chi connectivity index (χ1n) is 8.15. The van der Waals surface area contributed by atoms with Gasteiger partial charge in [0.15, 0.2) is 5.82 Å².